The largest absolute Gasteiger partial charge is 0.475 e. The smallest absolute Gasteiger partial charge is 0.416 e. The summed E-state index contributed by atoms with van der Waals surface area (Å²) < 4.78 is 41.5. The zero-order valence-electron chi connectivity index (χ0n) is 23.2. The molecule has 0 aliphatic heterocycles. The molecule has 2 N–H and O–H groups in total. The number of fused-ring (bicyclic) bond motifs is 1. The monoisotopic (exact) mass is 586 g/mol. The summed E-state index contributed by atoms with van der Waals surface area (Å²) in [5, 5.41) is 13.0. The average Bonchev–Trinajstić information content (AvgIpc) is 3.33. The first-order chi connectivity index (χ1) is 20.7. The summed E-state index contributed by atoms with van der Waals surface area (Å²) in [4.78, 5) is 29.8. The van der Waals surface area contributed by atoms with Gasteiger partial charge in [0.2, 0.25) is 5.82 Å². The second-order valence-electron chi connectivity index (χ2n) is 10.8. The van der Waals surface area contributed by atoms with Gasteiger partial charge in [-0.25, -0.2) is 19.7 Å². The zero-order chi connectivity index (χ0) is 30.0. The third kappa shape index (κ3) is 6.35. The molecular formula is C32H29F3N6O2. The second-order valence-corrected chi connectivity index (χ2v) is 10.8. The van der Waals surface area contributed by atoms with Gasteiger partial charge in [-0.2, -0.15) is 13.2 Å². The van der Waals surface area contributed by atoms with Crippen molar-refractivity contribution >= 4 is 23.0 Å². The van der Waals surface area contributed by atoms with Crippen molar-refractivity contribution in [2.75, 3.05) is 11.9 Å². The lowest BCUT2D eigenvalue weighted by Crippen LogP contribution is -2.17. The number of rotatable bonds is 10. The van der Waals surface area contributed by atoms with Crippen molar-refractivity contribution in [3.8, 4) is 11.5 Å². The first-order valence-corrected chi connectivity index (χ1v) is 14.2. The summed E-state index contributed by atoms with van der Waals surface area (Å²) >= 11 is 0. The van der Waals surface area contributed by atoms with Gasteiger partial charge in [0, 0.05) is 19.3 Å². The van der Waals surface area contributed by atoms with Crippen molar-refractivity contribution < 1.29 is 23.1 Å². The first-order valence-electron chi connectivity index (χ1n) is 14.2. The number of aromatic nitrogens is 5. The van der Waals surface area contributed by atoms with Crippen molar-refractivity contribution in [2.45, 2.75) is 44.8 Å². The molecule has 5 aromatic rings. The molecule has 0 atom stereocenters. The number of hydrogen-bond acceptors (Lipinski definition) is 6. The predicted octanol–water partition coefficient (Wildman–Crippen LogP) is 6.85. The van der Waals surface area contributed by atoms with Gasteiger partial charge in [0.25, 0.3) is 0 Å². The molecule has 1 fully saturated rings. The maximum absolute atomic E-state index is 13.2. The number of nitrogens with one attached hydrogen (secondary N) is 1. The van der Waals surface area contributed by atoms with Crippen molar-refractivity contribution in [3.05, 3.63) is 101 Å². The molecule has 0 saturated heterocycles. The minimum Gasteiger partial charge on any atom is -0.475 e. The second kappa shape index (κ2) is 11.8. The van der Waals surface area contributed by atoms with Gasteiger partial charge in [0.15, 0.2) is 17.3 Å². The highest BCUT2D eigenvalue weighted by atomic mass is 19.4. The van der Waals surface area contributed by atoms with Crippen LogP contribution in [0, 0.1) is 5.92 Å². The predicted molar refractivity (Wildman–Crippen MR) is 156 cm³/mol. The fourth-order valence-electron chi connectivity index (χ4n) is 5.30. The Kier molecular flexibility index (Phi) is 7.79. The summed E-state index contributed by atoms with van der Waals surface area (Å²) in [5.74, 6) is -0.342. The maximum Gasteiger partial charge on any atom is 0.416 e. The Morgan fingerprint density at radius 2 is 1.72 bits per heavy atom. The fraction of sp³-hybridized carbons (Fsp3) is 0.281. The Balaban J connectivity index is 1.45. The molecule has 220 valence electrons. The third-order valence-corrected chi connectivity index (χ3v) is 7.79. The van der Waals surface area contributed by atoms with Crippen LogP contribution in [-0.4, -0.2) is 42.1 Å². The Labute approximate surface area is 245 Å². The van der Waals surface area contributed by atoms with Crippen molar-refractivity contribution in [3.63, 3.8) is 0 Å². The topological polar surface area (TPSA) is 106 Å². The Hall–Kier alpha value is -4.80. The molecule has 8 nitrogen and oxygen atoms in total. The standard InChI is InChI=1S/C32H29F3N6O2/c33-32(34,35)24-11-9-22(10-12-24)19-41-26-27(37-16-13-20-7-4-8-20)38-29(31(42)43)39-28(26)40-30(41)25-18-23(14-15-36-25)17-21-5-2-1-3-6-21/h1-3,5-6,9-12,14-15,18,20H,4,7-8,13,16-17,19H2,(H,42,43)(H,37,38,39). The number of hydrogen-bond donors (Lipinski definition) is 2. The number of aromatic carboxylic acids is 1. The molecule has 1 saturated carbocycles. The van der Waals surface area contributed by atoms with Crippen LogP contribution in [0.4, 0.5) is 19.0 Å². The number of benzene rings is 2. The number of halogens is 3. The molecule has 0 bridgehead atoms. The highest BCUT2D eigenvalue weighted by molar-refractivity contribution is 5.92. The molecule has 6 rings (SSSR count). The van der Waals surface area contributed by atoms with Gasteiger partial charge in [-0.1, -0.05) is 61.7 Å². The molecule has 0 spiro atoms. The van der Waals surface area contributed by atoms with Gasteiger partial charge in [-0.05, 0) is 59.7 Å². The van der Waals surface area contributed by atoms with Gasteiger partial charge in [-0.3, -0.25) is 4.98 Å². The van der Waals surface area contributed by atoms with Crippen molar-refractivity contribution in [1.82, 2.24) is 24.5 Å². The van der Waals surface area contributed by atoms with E-state index in [0.29, 0.717) is 47.3 Å². The molecule has 0 radical (unpaired) electrons. The Bertz CT molecular complexity index is 1750. The fourth-order valence-corrected chi connectivity index (χ4v) is 5.30. The number of nitrogens with zero attached hydrogens (tertiary/aromatic N) is 5. The van der Waals surface area contributed by atoms with E-state index < -0.39 is 23.5 Å². The van der Waals surface area contributed by atoms with Gasteiger partial charge in [-0.15, -0.1) is 0 Å². The lowest BCUT2D eigenvalue weighted by Gasteiger charge is -2.25. The highest BCUT2D eigenvalue weighted by Gasteiger charge is 2.30. The minimum absolute atomic E-state index is 0.141. The number of pyridine rings is 1. The molecule has 0 unspecified atom stereocenters. The Morgan fingerprint density at radius 1 is 0.953 bits per heavy atom. The van der Waals surface area contributed by atoms with Crippen LogP contribution >= 0.6 is 0 Å². The van der Waals surface area contributed by atoms with Crippen LogP contribution < -0.4 is 5.32 Å². The molecule has 0 amide bonds. The summed E-state index contributed by atoms with van der Waals surface area (Å²) in [6, 6.07) is 18.7. The van der Waals surface area contributed by atoms with Gasteiger partial charge in [0.05, 0.1) is 5.56 Å². The van der Waals surface area contributed by atoms with Crippen molar-refractivity contribution in [2.24, 2.45) is 5.92 Å². The molecule has 43 heavy (non-hydrogen) atoms. The van der Waals surface area contributed by atoms with E-state index in [9.17, 15) is 23.1 Å². The number of anilines is 1. The van der Waals surface area contributed by atoms with E-state index in [1.165, 1.54) is 31.4 Å². The summed E-state index contributed by atoms with van der Waals surface area (Å²) in [6.45, 7) is 0.725. The van der Waals surface area contributed by atoms with Crippen LogP contribution in [0.3, 0.4) is 0 Å². The van der Waals surface area contributed by atoms with E-state index in [1.807, 2.05) is 42.5 Å². The number of carbonyl (C=O) groups is 1. The van der Waals surface area contributed by atoms with Crippen LogP contribution in [0.25, 0.3) is 22.7 Å². The van der Waals surface area contributed by atoms with E-state index in [-0.39, 0.29) is 12.2 Å². The average molecular weight is 587 g/mol. The first kappa shape index (κ1) is 28.3. The number of carboxylic acids is 1. The lowest BCUT2D eigenvalue weighted by molar-refractivity contribution is -0.137. The SMILES string of the molecule is O=C(O)c1nc(NCCC2CCC2)c2c(n1)nc(-c1cc(Cc3ccccc3)ccn1)n2Cc1ccc(C(F)(F)F)cc1. The summed E-state index contributed by atoms with van der Waals surface area (Å²) in [5.41, 5.74) is 3.11. The molecule has 11 heteroatoms. The highest BCUT2D eigenvalue weighted by Crippen LogP contribution is 2.33. The molecule has 3 heterocycles. The summed E-state index contributed by atoms with van der Waals surface area (Å²) in [7, 11) is 0. The van der Waals surface area contributed by atoms with Crippen LogP contribution in [0.5, 0.6) is 0 Å². The van der Waals surface area contributed by atoms with E-state index in [0.717, 1.165) is 29.7 Å². The van der Waals surface area contributed by atoms with Crippen LogP contribution in [0.15, 0.2) is 72.9 Å². The van der Waals surface area contributed by atoms with Crippen LogP contribution in [0.2, 0.25) is 0 Å². The van der Waals surface area contributed by atoms with E-state index >= 15 is 0 Å². The van der Waals surface area contributed by atoms with Gasteiger partial charge >= 0.3 is 12.1 Å². The minimum atomic E-state index is -4.45. The molecule has 2 aromatic carbocycles. The summed E-state index contributed by atoms with van der Waals surface area (Å²) in [6.07, 6.45) is 2.35. The lowest BCUT2D eigenvalue weighted by atomic mass is 9.83. The number of carboxylic acid groups (broad SMARTS) is 1. The van der Waals surface area contributed by atoms with Crippen LogP contribution in [0.1, 0.15) is 58.6 Å². The van der Waals surface area contributed by atoms with Gasteiger partial charge in [0.1, 0.15) is 11.2 Å². The van der Waals surface area contributed by atoms with Gasteiger partial charge < -0.3 is 15.0 Å². The zero-order valence-corrected chi connectivity index (χ0v) is 23.2. The molecule has 1 aliphatic rings. The van der Waals surface area contributed by atoms with Crippen LogP contribution in [-0.2, 0) is 19.1 Å². The number of imidazole rings is 1. The van der Waals surface area contributed by atoms with E-state index in [2.05, 4.69) is 20.3 Å². The van der Waals surface area contributed by atoms with E-state index in [1.54, 1.807) is 10.8 Å². The molecular weight excluding hydrogens is 557 g/mol. The van der Waals surface area contributed by atoms with Crippen molar-refractivity contribution in [1.29, 1.82) is 0 Å². The Morgan fingerprint density at radius 3 is 2.40 bits per heavy atom. The number of alkyl halides is 3. The molecule has 3 aromatic heterocycles. The van der Waals surface area contributed by atoms with E-state index in [4.69, 9.17) is 4.98 Å². The molecule has 1 aliphatic carbocycles. The normalized spacial score (nSPS) is 13.7. The maximum atomic E-state index is 13.2. The quantitative estimate of drug-likeness (QED) is 0.184. The third-order valence-electron chi connectivity index (χ3n) is 7.79.